The number of hydrogen-bond acceptors (Lipinski definition) is 4. The molecule has 5 nitrogen and oxygen atoms in total. The molecule has 1 atom stereocenters. The largest absolute Gasteiger partial charge is 0.361 e. The van der Waals surface area contributed by atoms with Gasteiger partial charge >= 0.3 is 0 Å². The highest BCUT2D eigenvalue weighted by Crippen LogP contribution is 2.06. The van der Waals surface area contributed by atoms with Gasteiger partial charge in [0.1, 0.15) is 11.5 Å². The predicted molar refractivity (Wildman–Crippen MR) is 60.6 cm³/mol. The van der Waals surface area contributed by atoms with E-state index in [1.165, 1.54) is 0 Å². The number of carbonyl (C=O) groups is 1. The van der Waals surface area contributed by atoms with Crippen LogP contribution in [0.15, 0.2) is 10.6 Å². The Bertz CT molecular complexity index is 349. The second-order valence-electron chi connectivity index (χ2n) is 4.02. The van der Waals surface area contributed by atoms with Gasteiger partial charge in [0.25, 0.3) is 0 Å². The summed E-state index contributed by atoms with van der Waals surface area (Å²) in [5.74, 6) is 0.691. The summed E-state index contributed by atoms with van der Waals surface area (Å²) in [5, 5.41) is 3.83. The molecule has 0 aromatic carbocycles. The second kappa shape index (κ2) is 5.65. The minimum absolute atomic E-state index is 0.0532. The number of aromatic nitrogens is 1. The monoisotopic (exact) mass is 225 g/mol. The van der Waals surface area contributed by atoms with Gasteiger partial charge in [-0.2, -0.15) is 0 Å². The zero-order valence-corrected chi connectivity index (χ0v) is 10.1. The van der Waals surface area contributed by atoms with E-state index in [1.54, 1.807) is 11.9 Å². The zero-order chi connectivity index (χ0) is 12.1. The SMILES string of the molecule is CCC[C@H](N)C(=O)N(C)Cc1cc(C)on1. The van der Waals surface area contributed by atoms with Gasteiger partial charge in [0, 0.05) is 13.1 Å². The average Bonchev–Trinajstić information content (AvgIpc) is 2.63. The Balaban J connectivity index is 2.51. The number of rotatable bonds is 5. The van der Waals surface area contributed by atoms with E-state index in [0.717, 1.165) is 17.9 Å². The van der Waals surface area contributed by atoms with Crippen LogP contribution in [-0.2, 0) is 11.3 Å². The molecule has 0 spiro atoms. The van der Waals surface area contributed by atoms with Crippen LogP contribution in [0.4, 0.5) is 0 Å². The van der Waals surface area contributed by atoms with Crippen molar-refractivity contribution in [1.29, 1.82) is 0 Å². The van der Waals surface area contributed by atoms with E-state index in [-0.39, 0.29) is 5.91 Å². The van der Waals surface area contributed by atoms with Gasteiger partial charge in [0.05, 0.1) is 12.6 Å². The summed E-state index contributed by atoms with van der Waals surface area (Å²) in [5.41, 5.74) is 6.50. The molecule has 1 aromatic rings. The van der Waals surface area contributed by atoms with Crippen molar-refractivity contribution in [1.82, 2.24) is 10.1 Å². The van der Waals surface area contributed by atoms with Crippen molar-refractivity contribution in [2.24, 2.45) is 5.73 Å². The van der Waals surface area contributed by atoms with E-state index in [1.807, 2.05) is 19.9 Å². The third-order valence-corrected chi connectivity index (χ3v) is 2.37. The lowest BCUT2D eigenvalue weighted by molar-refractivity contribution is -0.132. The maximum Gasteiger partial charge on any atom is 0.239 e. The molecule has 1 aromatic heterocycles. The molecule has 1 rings (SSSR count). The summed E-state index contributed by atoms with van der Waals surface area (Å²) in [4.78, 5) is 13.4. The van der Waals surface area contributed by atoms with Crippen molar-refractivity contribution in [2.45, 2.75) is 39.3 Å². The molecule has 0 fully saturated rings. The number of aryl methyl sites for hydroxylation is 1. The molecule has 0 bridgehead atoms. The van der Waals surface area contributed by atoms with Crippen molar-refractivity contribution in [2.75, 3.05) is 7.05 Å². The topological polar surface area (TPSA) is 72.4 Å². The molecule has 0 aliphatic rings. The van der Waals surface area contributed by atoms with Crippen molar-refractivity contribution < 1.29 is 9.32 Å². The van der Waals surface area contributed by atoms with Crippen LogP contribution in [0.25, 0.3) is 0 Å². The molecule has 1 amide bonds. The summed E-state index contributed by atoms with van der Waals surface area (Å²) in [6, 6.07) is 1.40. The fourth-order valence-corrected chi connectivity index (χ4v) is 1.53. The lowest BCUT2D eigenvalue weighted by atomic mass is 10.1. The summed E-state index contributed by atoms with van der Waals surface area (Å²) in [6.45, 7) is 4.27. The quantitative estimate of drug-likeness (QED) is 0.813. The number of likely N-dealkylation sites (N-methyl/N-ethyl adjacent to an activating group) is 1. The summed E-state index contributed by atoms with van der Waals surface area (Å²) in [7, 11) is 1.72. The third-order valence-electron chi connectivity index (χ3n) is 2.37. The van der Waals surface area contributed by atoms with Gasteiger partial charge < -0.3 is 15.2 Å². The zero-order valence-electron chi connectivity index (χ0n) is 10.1. The highest BCUT2D eigenvalue weighted by atomic mass is 16.5. The first-order valence-electron chi connectivity index (χ1n) is 5.47. The second-order valence-corrected chi connectivity index (χ2v) is 4.02. The van der Waals surface area contributed by atoms with Crippen LogP contribution >= 0.6 is 0 Å². The maximum atomic E-state index is 11.8. The number of carbonyl (C=O) groups excluding carboxylic acids is 1. The summed E-state index contributed by atoms with van der Waals surface area (Å²) >= 11 is 0. The first-order chi connectivity index (χ1) is 7.54. The molecule has 0 saturated heterocycles. The lowest BCUT2D eigenvalue weighted by Crippen LogP contribution is -2.41. The number of hydrogen-bond donors (Lipinski definition) is 1. The van der Waals surface area contributed by atoms with E-state index in [2.05, 4.69) is 5.16 Å². The van der Waals surface area contributed by atoms with E-state index in [9.17, 15) is 4.79 Å². The Labute approximate surface area is 95.6 Å². The van der Waals surface area contributed by atoms with Crippen LogP contribution in [-0.4, -0.2) is 29.1 Å². The Kier molecular flexibility index (Phi) is 4.49. The highest BCUT2D eigenvalue weighted by molar-refractivity contribution is 5.81. The standard InChI is InChI=1S/C11H19N3O2/c1-4-5-10(12)11(15)14(3)7-9-6-8(2)16-13-9/h6,10H,4-5,7,12H2,1-3H3/t10-/m0/s1. The molecule has 0 saturated carbocycles. The lowest BCUT2D eigenvalue weighted by Gasteiger charge is -2.19. The molecule has 1 heterocycles. The molecule has 0 radical (unpaired) electrons. The normalized spacial score (nSPS) is 12.5. The van der Waals surface area contributed by atoms with Crippen molar-refractivity contribution in [3.63, 3.8) is 0 Å². The molecule has 2 N–H and O–H groups in total. The molecule has 5 heteroatoms. The van der Waals surface area contributed by atoms with Crippen LogP contribution in [0.5, 0.6) is 0 Å². The van der Waals surface area contributed by atoms with E-state index in [4.69, 9.17) is 10.3 Å². The van der Waals surface area contributed by atoms with Gasteiger partial charge in [-0.15, -0.1) is 0 Å². The molecule has 0 aliphatic heterocycles. The minimum Gasteiger partial charge on any atom is -0.361 e. The molecular formula is C11H19N3O2. The van der Waals surface area contributed by atoms with Crippen LogP contribution < -0.4 is 5.73 Å². The first-order valence-corrected chi connectivity index (χ1v) is 5.47. The number of nitrogens with zero attached hydrogens (tertiary/aromatic N) is 2. The van der Waals surface area contributed by atoms with Crippen LogP contribution in [0.3, 0.4) is 0 Å². The minimum atomic E-state index is -0.414. The summed E-state index contributed by atoms with van der Waals surface area (Å²) in [6.07, 6.45) is 1.62. The molecule has 0 unspecified atom stereocenters. The number of amides is 1. The van der Waals surface area contributed by atoms with Gasteiger partial charge in [0.15, 0.2) is 0 Å². The Hall–Kier alpha value is -1.36. The van der Waals surface area contributed by atoms with Crippen LogP contribution in [0.2, 0.25) is 0 Å². The van der Waals surface area contributed by atoms with E-state index < -0.39 is 6.04 Å². The molecule has 16 heavy (non-hydrogen) atoms. The Morgan fingerprint density at radius 2 is 2.38 bits per heavy atom. The van der Waals surface area contributed by atoms with Gasteiger partial charge in [-0.25, -0.2) is 0 Å². The van der Waals surface area contributed by atoms with Gasteiger partial charge in [0.2, 0.25) is 5.91 Å². The van der Waals surface area contributed by atoms with Crippen LogP contribution in [0, 0.1) is 6.92 Å². The van der Waals surface area contributed by atoms with E-state index in [0.29, 0.717) is 13.0 Å². The molecule has 0 aliphatic carbocycles. The van der Waals surface area contributed by atoms with Crippen LogP contribution in [0.1, 0.15) is 31.2 Å². The smallest absolute Gasteiger partial charge is 0.239 e. The maximum absolute atomic E-state index is 11.8. The molecular weight excluding hydrogens is 206 g/mol. The number of nitrogens with two attached hydrogens (primary N) is 1. The van der Waals surface area contributed by atoms with Crippen molar-refractivity contribution >= 4 is 5.91 Å². The van der Waals surface area contributed by atoms with Gasteiger partial charge in [-0.1, -0.05) is 18.5 Å². The Morgan fingerprint density at radius 3 is 2.88 bits per heavy atom. The van der Waals surface area contributed by atoms with E-state index >= 15 is 0 Å². The Morgan fingerprint density at radius 1 is 1.69 bits per heavy atom. The average molecular weight is 225 g/mol. The van der Waals surface area contributed by atoms with Gasteiger partial charge in [-0.3, -0.25) is 4.79 Å². The summed E-state index contributed by atoms with van der Waals surface area (Å²) < 4.78 is 4.93. The van der Waals surface area contributed by atoms with Crippen molar-refractivity contribution in [3.05, 3.63) is 17.5 Å². The fourth-order valence-electron chi connectivity index (χ4n) is 1.53. The van der Waals surface area contributed by atoms with Crippen molar-refractivity contribution in [3.8, 4) is 0 Å². The van der Waals surface area contributed by atoms with Gasteiger partial charge in [-0.05, 0) is 13.3 Å². The predicted octanol–water partition coefficient (Wildman–Crippen LogP) is 1.07. The third kappa shape index (κ3) is 3.34. The fraction of sp³-hybridized carbons (Fsp3) is 0.636. The first kappa shape index (κ1) is 12.7. The molecule has 90 valence electrons. The highest BCUT2D eigenvalue weighted by Gasteiger charge is 2.18.